The quantitative estimate of drug-likeness (QED) is 0.703. The number of carbonyl (C=O) groups excluding carboxylic acids is 1. The lowest BCUT2D eigenvalue weighted by molar-refractivity contribution is -0.128. The fraction of sp³-hybridized carbons (Fsp3) is 0.917. The van der Waals surface area contributed by atoms with Crippen LogP contribution in [-0.4, -0.2) is 68.7 Å². The maximum atomic E-state index is 12.1. The first-order chi connectivity index (χ1) is 8.88. The average Bonchev–Trinajstić information content (AvgIpc) is 3.00. The van der Waals surface area contributed by atoms with Crippen LogP contribution in [0.2, 0.25) is 0 Å². The summed E-state index contributed by atoms with van der Waals surface area (Å²) in [5.74, 6) is 0.146. The molecule has 0 radical (unpaired) electrons. The van der Waals surface area contributed by atoms with Crippen molar-refractivity contribution in [2.45, 2.75) is 25.0 Å². The normalized spacial score (nSPS) is 37.1. The van der Waals surface area contributed by atoms with Crippen LogP contribution in [0.5, 0.6) is 0 Å². The fourth-order valence-electron chi connectivity index (χ4n) is 3.54. The lowest BCUT2D eigenvalue weighted by atomic mass is 9.82. The molecule has 7 heteroatoms. The number of rotatable bonds is 3. The summed E-state index contributed by atoms with van der Waals surface area (Å²) in [7, 11) is -0.552. The van der Waals surface area contributed by atoms with E-state index in [9.17, 15) is 13.2 Å². The molecular weight excluding hydrogens is 268 g/mol. The summed E-state index contributed by atoms with van der Waals surface area (Å²) >= 11 is 0. The van der Waals surface area contributed by atoms with Crippen molar-refractivity contribution in [2.24, 2.45) is 11.8 Å². The molecule has 0 saturated carbocycles. The maximum absolute atomic E-state index is 12.1. The molecule has 3 aliphatic rings. The number of likely N-dealkylation sites (tertiary alicyclic amines) is 1. The second-order valence-electron chi connectivity index (χ2n) is 5.96. The third-order valence-electron chi connectivity index (χ3n) is 4.67. The van der Waals surface area contributed by atoms with E-state index >= 15 is 0 Å². The minimum absolute atomic E-state index is 0.275. The highest BCUT2D eigenvalue weighted by atomic mass is 32.2. The molecule has 4 atom stereocenters. The summed E-state index contributed by atoms with van der Waals surface area (Å²) in [6.45, 7) is 1.32. The predicted octanol–water partition coefficient (Wildman–Crippen LogP) is -0.486. The lowest BCUT2D eigenvalue weighted by Gasteiger charge is -2.20. The zero-order valence-corrected chi connectivity index (χ0v) is 12.1. The van der Waals surface area contributed by atoms with Crippen molar-refractivity contribution in [2.75, 3.05) is 32.9 Å². The fourth-order valence-corrected chi connectivity index (χ4v) is 4.29. The number of ether oxygens (including phenoxy) is 1. The van der Waals surface area contributed by atoms with E-state index in [1.165, 1.54) is 14.1 Å². The van der Waals surface area contributed by atoms with E-state index in [4.69, 9.17) is 4.74 Å². The van der Waals surface area contributed by atoms with Gasteiger partial charge in [0.05, 0.1) is 12.2 Å². The smallest absolute Gasteiger partial charge is 0.239 e. The van der Waals surface area contributed by atoms with Crippen molar-refractivity contribution < 1.29 is 17.9 Å². The van der Waals surface area contributed by atoms with E-state index in [0.717, 1.165) is 17.1 Å². The Kier molecular flexibility index (Phi) is 3.11. The zero-order valence-electron chi connectivity index (χ0n) is 11.3. The number of hydrogen-bond acceptors (Lipinski definition) is 4. The van der Waals surface area contributed by atoms with Gasteiger partial charge in [-0.15, -0.1) is 0 Å². The molecule has 19 heavy (non-hydrogen) atoms. The highest BCUT2D eigenvalue weighted by Gasteiger charge is 2.53. The number of amides is 1. The minimum Gasteiger partial charge on any atom is -0.374 e. The van der Waals surface area contributed by atoms with Crippen LogP contribution in [-0.2, 0) is 19.6 Å². The molecule has 108 valence electrons. The Labute approximate surface area is 113 Å². The van der Waals surface area contributed by atoms with Crippen molar-refractivity contribution in [1.29, 1.82) is 0 Å². The van der Waals surface area contributed by atoms with Gasteiger partial charge in [0, 0.05) is 39.0 Å². The Hall–Kier alpha value is -0.660. The Bertz CT molecular complexity index is 472. The van der Waals surface area contributed by atoms with Crippen LogP contribution >= 0.6 is 0 Å². The summed E-state index contributed by atoms with van der Waals surface area (Å²) in [5, 5.41) is 0. The van der Waals surface area contributed by atoms with Crippen molar-refractivity contribution in [3.05, 3.63) is 0 Å². The number of carbonyl (C=O) groups is 1. The minimum atomic E-state index is -3.46. The Morgan fingerprint density at radius 3 is 2.21 bits per heavy atom. The van der Waals surface area contributed by atoms with Crippen LogP contribution in [0.25, 0.3) is 0 Å². The maximum Gasteiger partial charge on any atom is 0.239 e. The largest absolute Gasteiger partial charge is 0.374 e. The van der Waals surface area contributed by atoms with Crippen molar-refractivity contribution in [3.8, 4) is 0 Å². The van der Waals surface area contributed by atoms with Gasteiger partial charge >= 0.3 is 0 Å². The van der Waals surface area contributed by atoms with Crippen molar-refractivity contribution >= 4 is 15.9 Å². The molecule has 3 rings (SSSR count). The van der Waals surface area contributed by atoms with Crippen LogP contribution in [0.15, 0.2) is 0 Å². The summed E-state index contributed by atoms with van der Waals surface area (Å²) < 4.78 is 30.4. The monoisotopic (exact) mass is 288 g/mol. The molecule has 0 aliphatic carbocycles. The first-order valence-electron chi connectivity index (χ1n) is 6.72. The number of sulfonamides is 1. The molecule has 0 aromatic rings. The van der Waals surface area contributed by atoms with Crippen LogP contribution in [0.4, 0.5) is 0 Å². The van der Waals surface area contributed by atoms with E-state index in [2.05, 4.69) is 0 Å². The van der Waals surface area contributed by atoms with Gasteiger partial charge in [-0.2, -0.15) is 0 Å². The molecule has 4 unspecified atom stereocenters. The molecule has 0 N–H and O–H groups in total. The Balaban J connectivity index is 1.64. The molecule has 6 nitrogen and oxygen atoms in total. The molecule has 0 aromatic heterocycles. The predicted molar refractivity (Wildman–Crippen MR) is 68.9 cm³/mol. The number of nitrogens with zero attached hydrogens (tertiary/aromatic N) is 2. The Morgan fingerprint density at radius 2 is 1.74 bits per heavy atom. The van der Waals surface area contributed by atoms with E-state index in [1.54, 1.807) is 4.90 Å². The topological polar surface area (TPSA) is 66.9 Å². The zero-order chi connectivity index (χ0) is 13.8. The molecule has 3 aliphatic heterocycles. The molecular formula is C12H20N2O4S. The number of hydrogen-bond donors (Lipinski definition) is 0. The second-order valence-corrected chi connectivity index (χ2v) is 8.14. The first-order valence-corrected chi connectivity index (χ1v) is 8.33. The van der Waals surface area contributed by atoms with E-state index in [-0.39, 0.29) is 5.91 Å². The summed E-state index contributed by atoms with van der Waals surface area (Å²) in [6.07, 6.45) is 2.75. The molecule has 3 fully saturated rings. The average molecular weight is 288 g/mol. The highest BCUT2D eigenvalue weighted by Crippen LogP contribution is 2.47. The van der Waals surface area contributed by atoms with Gasteiger partial charge in [0.15, 0.2) is 0 Å². The van der Waals surface area contributed by atoms with Crippen LogP contribution in [0.3, 0.4) is 0 Å². The summed E-state index contributed by atoms with van der Waals surface area (Å²) in [6, 6.07) is 0. The summed E-state index contributed by atoms with van der Waals surface area (Å²) in [4.78, 5) is 13.8. The van der Waals surface area contributed by atoms with E-state index in [0.29, 0.717) is 37.1 Å². The van der Waals surface area contributed by atoms with Gasteiger partial charge < -0.3 is 9.64 Å². The molecule has 3 saturated heterocycles. The summed E-state index contributed by atoms with van der Waals surface area (Å²) in [5.41, 5.74) is 0. The van der Waals surface area contributed by atoms with Gasteiger partial charge in [0.2, 0.25) is 15.9 Å². The van der Waals surface area contributed by atoms with Crippen LogP contribution in [0.1, 0.15) is 12.8 Å². The first kappa shape index (κ1) is 13.3. The third kappa shape index (κ3) is 2.17. The van der Waals surface area contributed by atoms with Gasteiger partial charge in [-0.3, -0.25) is 4.79 Å². The van der Waals surface area contributed by atoms with Gasteiger partial charge in [0.25, 0.3) is 0 Å². The molecule has 0 aromatic carbocycles. The highest BCUT2D eigenvalue weighted by molar-refractivity contribution is 7.89. The SMILES string of the molecule is CN(C)S(=O)(=O)CC(=O)N1CC2C3CCC(O3)C2C1. The van der Waals surface area contributed by atoms with E-state index in [1.807, 2.05) is 0 Å². The lowest BCUT2D eigenvalue weighted by Crippen LogP contribution is -2.39. The van der Waals surface area contributed by atoms with Crippen molar-refractivity contribution in [3.63, 3.8) is 0 Å². The van der Waals surface area contributed by atoms with Gasteiger partial charge in [0.1, 0.15) is 5.75 Å². The van der Waals surface area contributed by atoms with Crippen LogP contribution < -0.4 is 0 Å². The Morgan fingerprint density at radius 1 is 1.21 bits per heavy atom. The third-order valence-corrected chi connectivity index (χ3v) is 6.39. The number of fused-ring (bicyclic) bond motifs is 5. The van der Waals surface area contributed by atoms with Gasteiger partial charge in [-0.1, -0.05) is 0 Å². The standard InChI is InChI=1S/C12H20N2O4S/c1-13(2)19(16,17)7-12(15)14-5-8-9(6-14)11-4-3-10(8)18-11/h8-11H,3-7H2,1-2H3. The molecule has 3 heterocycles. The van der Waals surface area contributed by atoms with E-state index < -0.39 is 15.8 Å². The van der Waals surface area contributed by atoms with Crippen molar-refractivity contribution in [1.82, 2.24) is 9.21 Å². The van der Waals surface area contributed by atoms with Gasteiger partial charge in [-0.25, -0.2) is 12.7 Å². The second kappa shape index (κ2) is 4.43. The van der Waals surface area contributed by atoms with Gasteiger partial charge in [-0.05, 0) is 12.8 Å². The molecule has 1 amide bonds. The van der Waals surface area contributed by atoms with Crippen LogP contribution in [0, 0.1) is 11.8 Å². The molecule has 0 spiro atoms. The molecule has 2 bridgehead atoms.